The van der Waals surface area contributed by atoms with Crippen molar-refractivity contribution >= 4 is 0 Å². The van der Waals surface area contributed by atoms with Crippen molar-refractivity contribution in [3.8, 4) is 0 Å². The lowest BCUT2D eigenvalue weighted by atomic mass is 9.93. The van der Waals surface area contributed by atoms with Crippen LogP contribution in [0.15, 0.2) is 12.4 Å². The van der Waals surface area contributed by atoms with Gasteiger partial charge >= 0.3 is 0 Å². The van der Waals surface area contributed by atoms with Gasteiger partial charge in [-0.3, -0.25) is 0 Å². The Labute approximate surface area is 253 Å². The van der Waals surface area contributed by atoms with E-state index in [2.05, 4.69) is 44.7 Å². The molecule has 0 aromatic carbocycles. The van der Waals surface area contributed by atoms with Crippen molar-refractivity contribution in [3.63, 3.8) is 0 Å². The van der Waals surface area contributed by atoms with E-state index in [9.17, 15) is 0 Å². The molecule has 0 saturated heterocycles. The van der Waals surface area contributed by atoms with Gasteiger partial charge in [-0.05, 0) is 26.2 Å². The van der Waals surface area contributed by atoms with Crippen LogP contribution in [0, 0.1) is 0 Å². The lowest BCUT2D eigenvalue weighted by Crippen LogP contribution is -2.13. The lowest BCUT2D eigenvalue weighted by Gasteiger charge is -2.22. The minimum absolute atomic E-state index is 0.590. The zero-order chi connectivity index (χ0) is 28.9. The Morgan fingerprint density at radius 1 is 0.475 bits per heavy atom. The topological polar surface area (TPSA) is 17.8 Å². The van der Waals surface area contributed by atoms with Crippen LogP contribution in [0.3, 0.4) is 0 Å². The fourth-order valence-electron chi connectivity index (χ4n) is 6.53. The van der Waals surface area contributed by atoms with Crippen LogP contribution in [0.2, 0.25) is 0 Å². The molecular weight excluding hydrogens is 484 g/mol. The molecule has 0 saturated carbocycles. The molecule has 0 spiro atoms. The van der Waals surface area contributed by atoms with Crippen molar-refractivity contribution < 1.29 is 0 Å². The van der Waals surface area contributed by atoms with Gasteiger partial charge in [0.05, 0.1) is 0 Å². The third kappa shape index (κ3) is 20.1. The van der Waals surface area contributed by atoms with Crippen molar-refractivity contribution in [1.29, 1.82) is 0 Å². The average molecular weight is 559 g/mol. The van der Waals surface area contributed by atoms with Gasteiger partial charge in [-0.1, -0.05) is 188 Å². The van der Waals surface area contributed by atoms with Gasteiger partial charge in [-0.15, -0.1) is 0 Å². The average Bonchev–Trinajstić information content (AvgIpc) is 3.45. The number of hydrogen-bond donors (Lipinski definition) is 0. The standard InChI is InChI=1S/C38H74N2/c1-5-8-11-14-16-17-18-19-20-21-22-24-27-30-33-37(32-29-25-13-10-7-3)38-39-34-35-40(38)36(4)31-28-26-23-15-12-9-6-2/h34-37H,5-33H2,1-4H3. The predicted octanol–water partition coefficient (Wildman–Crippen LogP) is 13.9. The van der Waals surface area contributed by atoms with E-state index in [0.29, 0.717) is 12.0 Å². The molecule has 0 aliphatic heterocycles. The van der Waals surface area contributed by atoms with E-state index in [1.54, 1.807) is 0 Å². The molecule has 0 radical (unpaired) electrons. The molecule has 2 unspecified atom stereocenters. The molecule has 2 nitrogen and oxygen atoms in total. The Morgan fingerprint density at radius 2 is 0.800 bits per heavy atom. The zero-order valence-electron chi connectivity index (χ0n) is 28.2. The van der Waals surface area contributed by atoms with E-state index >= 15 is 0 Å². The number of imidazole rings is 1. The van der Waals surface area contributed by atoms with Crippen LogP contribution in [-0.4, -0.2) is 9.55 Å². The quantitative estimate of drug-likeness (QED) is 0.0828. The first-order valence-corrected chi connectivity index (χ1v) is 18.8. The molecule has 1 heterocycles. The smallest absolute Gasteiger partial charge is 0.111 e. The predicted molar refractivity (Wildman–Crippen MR) is 181 cm³/mol. The molecule has 0 aliphatic rings. The number of unbranched alkanes of at least 4 members (excludes halogenated alkanes) is 23. The molecule has 0 N–H and O–H groups in total. The molecule has 236 valence electrons. The molecule has 2 heteroatoms. The SMILES string of the molecule is CCCCCCCCCCCCCCCCC(CCCCCCC)c1nccn1C(C)CCCCCCCCC. The summed E-state index contributed by atoms with van der Waals surface area (Å²) >= 11 is 0. The van der Waals surface area contributed by atoms with Crippen LogP contribution in [0.1, 0.15) is 232 Å². The fourth-order valence-corrected chi connectivity index (χ4v) is 6.53. The Balaban J connectivity index is 2.34. The maximum Gasteiger partial charge on any atom is 0.111 e. The summed E-state index contributed by atoms with van der Waals surface area (Å²) in [5.74, 6) is 2.06. The van der Waals surface area contributed by atoms with E-state index in [0.717, 1.165) is 0 Å². The Morgan fingerprint density at radius 3 is 1.18 bits per heavy atom. The first-order chi connectivity index (χ1) is 19.7. The van der Waals surface area contributed by atoms with Crippen LogP contribution in [-0.2, 0) is 0 Å². The summed E-state index contributed by atoms with van der Waals surface area (Å²) in [4.78, 5) is 4.98. The summed E-state index contributed by atoms with van der Waals surface area (Å²) in [6, 6.07) is 0.590. The zero-order valence-corrected chi connectivity index (χ0v) is 28.2. The van der Waals surface area contributed by atoms with Crippen molar-refractivity contribution in [2.75, 3.05) is 0 Å². The summed E-state index contributed by atoms with van der Waals surface area (Å²) in [6.45, 7) is 9.38. The third-order valence-electron chi connectivity index (χ3n) is 9.33. The molecule has 0 amide bonds. The van der Waals surface area contributed by atoms with Gasteiger partial charge in [-0.2, -0.15) is 0 Å². The van der Waals surface area contributed by atoms with Gasteiger partial charge in [-0.25, -0.2) is 4.98 Å². The van der Waals surface area contributed by atoms with E-state index in [1.165, 1.54) is 192 Å². The van der Waals surface area contributed by atoms with Gasteiger partial charge in [0.2, 0.25) is 0 Å². The van der Waals surface area contributed by atoms with Gasteiger partial charge in [0.15, 0.2) is 0 Å². The summed E-state index contributed by atoms with van der Waals surface area (Å²) in [5, 5.41) is 0. The number of nitrogens with zero attached hydrogens (tertiary/aromatic N) is 2. The first-order valence-electron chi connectivity index (χ1n) is 18.8. The van der Waals surface area contributed by atoms with Crippen LogP contribution in [0.4, 0.5) is 0 Å². The van der Waals surface area contributed by atoms with Crippen LogP contribution in [0.5, 0.6) is 0 Å². The minimum Gasteiger partial charge on any atom is -0.332 e. The van der Waals surface area contributed by atoms with Crippen molar-refractivity contribution in [2.24, 2.45) is 0 Å². The molecule has 2 atom stereocenters. The highest BCUT2D eigenvalue weighted by Crippen LogP contribution is 2.30. The summed E-state index contributed by atoms with van der Waals surface area (Å²) in [7, 11) is 0. The fraction of sp³-hybridized carbons (Fsp3) is 0.921. The molecule has 40 heavy (non-hydrogen) atoms. The van der Waals surface area contributed by atoms with E-state index in [-0.39, 0.29) is 0 Å². The highest BCUT2D eigenvalue weighted by atomic mass is 15.1. The second kappa shape index (κ2) is 28.3. The monoisotopic (exact) mass is 559 g/mol. The Kier molecular flexibility index (Phi) is 26.4. The number of aromatic nitrogens is 2. The van der Waals surface area contributed by atoms with E-state index in [1.807, 2.05) is 0 Å². The maximum absolute atomic E-state index is 4.98. The normalized spacial score (nSPS) is 13.2. The van der Waals surface area contributed by atoms with Gasteiger partial charge in [0.1, 0.15) is 5.82 Å². The molecule has 1 rings (SSSR count). The van der Waals surface area contributed by atoms with Gasteiger partial charge in [0, 0.05) is 24.4 Å². The third-order valence-corrected chi connectivity index (χ3v) is 9.33. The molecule has 0 bridgehead atoms. The Hall–Kier alpha value is -0.790. The highest BCUT2D eigenvalue weighted by molar-refractivity contribution is 5.02. The molecular formula is C38H74N2. The molecule has 0 aliphatic carbocycles. The van der Waals surface area contributed by atoms with Gasteiger partial charge < -0.3 is 4.57 Å². The molecule has 1 aromatic rings. The van der Waals surface area contributed by atoms with Crippen molar-refractivity contribution in [2.45, 2.75) is 226 Å². The van der Waals surface area contributed by atoms with Crippen LogP contribution < -0.4 is 0 Å². The number of hydrogen-bond acceptors (Lipinski definition) is 1. The van der Waals surface area contributed by atoms with Crippen molar-refractivity contribution in [1.82, 2.24) is 9.55 Å². The van der Waals surface area contributed by atoms with E-state index in [4.69, 9.17) is 4.98 Å². The summed E-state index contributed by atoms with van der Waals surface area (Å²) in [5.41, 5.74) is 0. The minimum atomic E-state index is 0.590. The van der Waals surface area contributed by atoms with Crippen molar-refractivity contribution in [3.05, 3.63) is 18.2 Å². The van der Waals surface area contributed by atoms with Crippen LogP contribution >= 0.6 is 0 Å². The maximum atomic E-state index is 4.98. The second-order valence-electron chi connectivity index (χ2n) is 13.2. The first kappa shape index (κ1) is 37.2. The highest BCUT2D eigenvalue weighted by Gasteiger charge is 2.19. The second-order valence-corrected chi connectivity index (χ2v) is 13.2. The largest absolute Gasteiger partial charge is 0.332 e. The summed E-state index contributed by atoms with van der Waals surface area (Å²) in [6.07, 6.45) is 45.3. The lowest BCUT2D eigenvalue weighted by molar-refractivity contribution is 0.412. The molecule has 1 aromatic heterocycles. The van der Waals surface area contributed by atoms with Gasteiger partial charge in [0.25, 0.3) is 0 Å². The Bertz CT molecular complexity index is 621. The van der Waals surface area contributed by atoms with Crippen LogP contribution in [0.25, 0.3) is 0 Å². The summed E-state index contributed by atoms with van der Waals surface area (Å²) < 4.78 is 2.57. The number of rotatable bonds is 31. The van der Waals surface area contributed by atoms with E-state index < -0.39 is 0 Å². The molecule has 0 fully saturated rings.